The van der Waals surface area contributed by atoms with E-state index < -0.39 is 0 Å². The van der Waals surface area contributed by atoms with Crippen LogP contribution in [0.2, 0.25) is 0 Å². The molecule has 0 atom stereocenters. The van der Waals surface area contributed by atoms with Gasteiger partial charge in [0.05, 0.1) is 5.69 Å². The van der Waals surface area contributed by atoms with Gasteiger partial charge in [-0.3, -0.25) is 4.79 Å². The van der Waals surface area contributed by atoms with Crippen molar-refractivity contribution in [2.45, 2.75) is 0 Å². The zero-order valence-corrected chi connectivity index (χ0v) is 13.0. The number of nitrogen functional groups attached to an aromatic ring is 1. The zero-order valence-electron chi connectivity index (χ0n) is 8.41. The zero-order chi connectivity index (χ0) is 12.4. The van der Waals surface area contributed by atoms with Crippen LogP contribution in [-0.2, 0) is 0 Å². The molecule has 1 aromatic heterocycles. The van der Waals surface area contributed by atoms with Gasteiger partial charge < -0.3 is 11.1 Å². The van der Waals surface area contributed by atoms with Crippen LogP contribution in [0.25, 0.3) is 0 Å². The van der Waals surface area contributed by atoms with E-state index >= 15 is 0 Å². The van der Waals surface area contributed by atoms with E-state index in [0.29, 0.717) is 16.5 Å². The van der Waals surface area contributed by atoms with Crippen LogP contribution in [0, 0.1) is 3.57 Å². The molecule has 88 valence electrons. The second kappa shape index (κ2) is 5.32. The first-order chi connectivity index (χ1) is 8.06. The standard InChI is InChI=1S/C10H7BrIN3OS/c11-6-2-1-5(12)3-7(6)14-9(16)8-4-17-10(13)15-8/h1-4H,(H2,13,15)(H,14,16). The lowest BCUT2D eigenvalue weighted by Gasteiger charge is -2.06. The van der Waals surface area contributed by atoms with Crippen molar-refractivity contribution in [1.82, 2.24) is 4.98 Å². The molecule has 0 saturated heterocycles. The van der Waals surface area contributed by atoms with Crippen molar-refractivity contribution in [3.63, 3.8) is 0 Å². The van der Waals surface area contributed by atoms with Crippen LogP contribution in [0.15, 0.2) is 28.1 Å². The highest BCUT2D eigenvalue weighted by atomic mass is 127. The van der Waals surface area contributed by atoms with Crippen LogP contribution in [0.1, 0.15) is 10.5 Å². The van der Waals surface area contributed by atoms with Crippen molar-refractivity contribution in [2.75, 3.05) is 11.1 Å². The Hall–Kier alpha value is -0.670. The number of thiazole rings is 1. The minimum Gasteiger partial charge on any atom is -0.375 e. The van der Waals surface area contributed by atoms with Crippen LogP contribution in [0.5, 0.6) is 0 Å². The highest BCUT2D eigenvalue weighted by Gasteiger charge is 2.11. The second-order valence-electron chi connectivity index (χ2n) is 3.15. The molecule has 0 aliphatic carbocycles. The topological polar surface area (TPSA) is 68.0 Å². The molecule has 1 heterocycles. The van der Waals surface area contributed by atoms with E-state index in [0.717, 1.165) is 8.04 Å². The number of amides is 1. The summed E-state index contributed by atoms with van der Waals surface area (Å²) in [6.07, 6.45) is 0. The number of benzene rings is 1. The van der Waals surface area contributed by atoms with Crippen molar-refractivity contribution >= 4 is 66.6 Å². The number of nitrogens with two attached hydrogens (primary N) is 1. The van der Waals surface area contributed by atoms with Gasteiger partial charge in [0.1, 0.15) is 5.69 Å². The van der Waals surface area contributed by atoms with Crippen LogP contribution < -0.4 is 11.1 Å². The fraction of sp³-hybridized carbons (Fsp3) is 0. The number of rotatable bonds is 2. The molecule has 0 unspecified atom stereocenters. The van der Waals surface area contributed by atoms with Gasteiger partial charge in [0.2, 0.25) is 0 Å². The molecule has 0 spiro atoms. The molecule has 1 amide bonds. The van der Waals surface area contributed by atoms with Crippen molar-refractivity contribution in [2.24, 2.45) is 0 Å². The second-order valence-corrected chi connectivity index (χ2v) is 6.14. The van der Waals surface area contributed by atoms with Gasteiger partial charge in [-0.15, -0.1) is 11.3 Å². The van der Waals surface area contributed by atoms with Crippen LogP contribution in [0.4, 0.5) is 10.8 Å². The number of carbonyl (C=O) groups is 1. The van der Waals surface area contributed by atoms with Gasteiger partial charge in [0.25, 0.3) is 5.91 Å². The van der Waals surface area contributed by atoms with Gasteiger partial charge in [-0.1, -0.05) is 0 Å². The molecule has 4 nitrogen and oxygen atoms in total. The van der Waals surface area contributed by atoms with Crippen LogP contribution >= 0.6 is 49.9 Å². The summed E-state index contributed by atoms with van der Waals surface area (Å²) in [5, 5.41) is 4.80. The molecule has 0 aliphatic heterocycles. The summed E-state index contributed by atoms with van der Waals surface area (Å²) in [7, 11) is 0. The molecule has 0 radical (unpaired) electrons. The molecule has 0 saturated carbocycles. The number of anilines is 2. The first-order valence-electron chi connectivity index (χ1n) is 4.53. The lowest BCUT2D eigenvalue weighted by atomic mass is 10.3. The summed E-state index contributed by atoms with van der Waals surface area (Å²) >= 11 is 6.80. The van der Waals surface area contributed by atoms with E-state index in [1.807, 2.05) is 18.2 Å². The Morgan fingerprint density at radius 2 is 2.29 bits per heavy atom. The summed E-state index contributed by atoms with van der Waals surface area (Å²) < 4.78 is 1.87. The molecule has 1 aromatic carbocycles. The monoisotopic (exact) mass is 423 g/mol. The van der Waals surface area contributed by atoms with Gasteiger partial charge in [-0.05, 0) is 56.7 Å². The molecule has 2 aromatic rings. The number of nitrogens with zero attached hydrogens (tertiary/aromatic N) is 1. The number of halogens is 2. The third kappa shape index (κ3) is 3.17. The van der Waals surface area contributed by atoms with E-state index in [2.05, 4.69) is 48.8 Å². The molecule has 0 aliphatic rings. The lowest BCUT2D eigenvalue weighted by Crippen LogP contribution is -2.12. The molecular formula is C10H7BrIN3OS. The maximum absolute atomic E-state index is 11.8. The summed E-state index contributed by atoms with van der Waals surface area (Å²) in [6.45, 7) is 0. The molecule has 0 fully saturated rings. The molecule has 2 rings (SSSR count). The predicted octanol–water partition coefficient (Wildman–Crippen LogP) is 3.34. The average molecular weight is 424 g/mol. The van der Waals surface area contributed by atoms with E-state index in [1.54, 1.807) is 5.38 Å². The Morgan fingerprint density at radius 3 is 2.94 bits per heavy atom. The third-order valence-corrected chi connectivity index (χ3v) is 3.97. The minimum atomic E-state index is -0.263. The van der Waals surface area contributed by atoms with Crippen molar-refractivity contribution in [1.29, 1.82) is 0 Å². The minimum absolute atomic E-state index is 0.263. The van der Waals surface area contributed by atoms with E-state index in [-0.39, 0.29) is 5.91 Å². The fourth-order valence-corrected chi connectivity index (χ4v) is 2.55. The molecule has 3 N–H and O–H groups in total. The van der Waals surface area contributed by atoms with Gasteiger partial charge in [-0.25, -0.2) is 4.98 Å². The number of carbonyl (C=O) groups excluding carboxylic acids is 1. The van der Waals surface area contributed by atoms with Gasteiger partial charge in [0.15, 0.2) is 5.13 Å². The summed E-state index contributed by atoms with van der Waals surface area (Å²) in [6, 6.07) is 5.70. The predicted molar refractivity (Wildman–Crippen MR) is 81.3 cm³/mol. The van der Waals surface area contributed by atoms with E-state index in [4.69, 9.17) is 5.73 Å². The molecule has 17 heavy (non-hydrogen) atoms. The normalized spacial score (nSPS) is 10.2. The van der Waals surface area contributed by atoms with Crippen molar-refractivity contribution in [3.05, 3.63) is 37.3 Å². The Labute approximate surface area is 124 Å². The van der Waals surface area contributed by atoms with Crippen LogP contribution in [-0.4, -0.2) is 10.9 Å². The van der Waals surface area contributed by atoms with E-state index in [1.165, 1.54) is 11.3 Å². The maximum Gasteiger partial charge on any atom is 0.275 e. The van der Waals surface area contributed by atoms with Gasteiger partial charge in [0, 0.05) is 13.4 Å². The van der Waals surface area contributed by atoms with Crippen LogP contribution in [0.3, 0.4) is 0 Å². The largest absolute Gasteiger partial charge is 0.375 e. The maximum atomic E-state index is 11.8. The number of hydrogen-bond donors (Lipinski definition) is 2. The summed E-state index contributed by atoms with van der Waals surface area (Å²) in [4.78, 5) is 15.8. The van der Waals surface area contributed by atoms with E-state index in [9.17, 15) is 4.79 Å². The third-order valence-electron chi connectivity index (χ3n) is 1.93. The SMILES string of the molecule is Nc1nc(C(=O)Nc2cc(I)ccc2Br)cs1. The molecule has 0 bridgehead atoms. The Kier molecular flexibility index (Phi) is 4.00. The van der Waals surface area contributed by atoms with Crippen molar-refractivity contribution in [3.8, 4) is 0 Å². The highest BCUT2D eigenvalue weighted by molar-refractivity contribution is 14.1. The Bertz CT molecular complexity index is 572. The average Bonchev–Trinajstić information content (AvgIpc) is 2.70. The number of aromatic nitrogens is 1. The molecular weight excluding hydrogens is 417 g/mol. The highest BCUT2D eigenvalue weighted by Crippen LogP contribution is 2.25. The Morgan fingerprint density at radius 1 is 1.53 bits per heavy atom. The first kappa shape index (κ1) is 12.8. The van der Waals surface area contributed by atoms with Gasteiger partial charge in [-0.2, -0.15) is 0 Å². The summed E-state index contributed by atoms with van der Waals surface area (Å²) in [5.74, 6) is -0.263. The number of nitrogens with one attached hydrogen (secondary N) is 1. The molecule has 7 heteroatoms. The fourth-order valence-electron chi connectivity index (χ4n) is 1.17. The number of hydrogen-bond acceptors (Lipinski definition) is 4. The smallest absolute Gasteiger partial charge is 0.275 e. The van der Waals surface area contributed by atoms with Gasteiger partial charge >= 0.3 is 0 Å². The Balaban J connectivity index is 2.21. The lowest BCUT2D eigenvalue weighted by molar-refractivity contribution is 0.102. The summed E-state index contributed by atoms with van der Waals surface area (Å²) in [5.41, 5.74) is 6.53. The quantitative estimate of drug-likeness (QED) is 0.728. The first-order valence-corrected chi connectivity index (χ1v) is 7.29. The van der Waals surface area contributed by atoms with Crippen molar-refractivity contribution < 1.29 is 4.79 Å².